The van der Waals surface area contributed by atoms with Gasteiger partial charge in [0.15, 0.2) is 5.82 Å². The maximum Gasteiger partial charge on any atom is 0.335 e. The van der Waals surface area contributed by atoms with E-state index in [2.05, 4.69) is 5.10 Å². The van der Waals surface area contributed by atoms with E-state index in [1.165, 1.54) is 4.68 Å². The average Bonchev–Trinajstić information content (AvgIpc) is 2.88. The van der Waals surface area contributed by atoms with E-state index in [9.17, 15) is 9.36 Å². The molecule has 0 amide bonds. The molecular weight excluding hydrogens is 513 g/mol. The van der Waals surface area contributed by atoms with Crippen molar-refractivity contribution in [3.8, 4) is 17.1 Å². The second-order valence-electron chi connectivity index (χ2n) is 8.04. The largest absolute Gasteiger partial charge is 0.497 e. The SMILES string of the molecule is CCOP(=O)(Cc1ccc(-c2nc3cc(Cl)ccc3c(=O)n2N=Cc2cccc(OC)c2)cc1)OCC. The van der Waals surface area contributed by atoms with Crippen LogP contribution >= 0.6 is 19.2 Å². The van der Waals surface area contributed by atoms with Crippen LogP contribution in [-0.4, -0.2) is 36.2 Å². The van der Waals surface area contributed by atoms with Crippen molar-refractivity contribution in [3.05, 3.63) is 93.2 Å². The second kappa shape index (κ2) is 11.8. The van der Waals surface area contributed by atoms with Crippen molar-refractivity contribution < 1.29 is 18.3 Å². The number of nitrogens with zero attached hydrogens (tertiary/aromatic N) is 3. The molecular formula is C27H27ClN3O5P. The Morgan fingerprint density at radius 3 is 2.43 bits per heavy atom. The highest BCUT2D eigenvalue weighted by molar-refractivity contribution is 7.53. The zero-order valence-corrected chi connectivity index (χ0v) is 22.4. The summed E-state index contributed by atoms with van der Waals surface area (Å²) in [6.45, 7) is 4.13. The van der Waals surface area contributed by atoms with Crippen LogP contribution in [0.1, 0.15) is 25.0 Å². The van der Waals surface area contributed by atoms with E-state index in [4.69, 9.17) is 30.4 Å². The molecule has 37 heavy (non-hydrogen) atoms. The van der Waals surface area contributed by atoms with Gasteiger partial charge in [-0.25, -0.2) is 4.98 Å². The lowest BCUT2D eigenvalue weighted by Gasteiger charge is -2.17. The second-order valence-corrected chi connectivity index (χ2v) is 10.5. The summed E-state index contributed by atoms with van der Waals surface area (Å²) in [7, 11) is -1.67. The number of fused-ring (bicyclic) bond motifs is 1. The molecule has 1 heterocycles. The van der Waals surface area contributed by atoms with Gasteiger partial charge in [-0.1, -0.05) is 48.0 Å². The third-order valence-corrected chi connectivity index (χ3v) is 7.76. The van der Waals surface area contributed by atoms with Gasteiger partial charge >= 0.3 is 7.60 Å². The number of benzene rings is 3. The van der Waals surface area contributed by atoms with Gasteiger partial charge in [-0.3, -0.25) is 9.36 Å². The molecule has 1 aromatic heterocycles. The zero-order valence-electron chi connectivity index (χ0n) is 20.8. The summed E-state index contributed by atoms with van der Waals surface area (Å²) in [5, 5.41) is 5.34. The van der Waals surface area contributed by atoms with Gasteiger partial charge < -0.3 is 13.8 Å². The Morgan fingerprint density at radius 1 is 1.03 bits per heavy atom. The number of hydrogen-bond acceptors (Lipinski definition) is 7. The molecule has 0 saturated carbocycles. The molecule has 0 aliphatic rings. The Bertz CT molecular complexity index is 1530. The Morgan fingerprint density at radius 2 is 1.76 bits per heavy atom. The number of halogens is 1. The third-order valence-electron chi connectivity index (χ3n) is 5.47. The molecule has 8 nitrogen and oxygen atoms in total. The van der Waals surface area contributed by atoms with E-state index in [0.717, 1.165) is 11.1 Å². The van der Waals surface area contributed by atoms with E-state index in [1.54, 1.807) is 57.5 Å². The molecule has 0 fully saturated rings. The number of aromatic nitrogens is 2. The third kappa shape index (κ3) is 6.35. The molecule has 4 aromatic rings. The molecule has 0 spiro atoms. The summed E-state index contributed by atoms with van der Waals surface area (Å²) in [6.07, 6.45) is 1.71. The summed E-state index contributed by atoms with van der Waals surface area (Å²) < 4.78 is 30.3. The fraction of sp³-hybridized carbons (Fsp3) is 0.222. The van der Waals surface area contributed by atoms with Crippen LogP contribution in [0.15, 0.2) is 76.6 Å². The van der Waals surface area contributed by atoms with Crippen LogP contribution < -0.4 is 10.3 Å². The van der Waals surface area contributed by atoms with Crippen molar-refractivity contribution in [2.45, 2.75) is 20.0 Å². The van der Waals surface area contributed by atoms with Crippen molar-refractivity contribution in [2.24, 2.45) is 5.10 Å². The van der Waals surface area contributed by atoms with Crippen molar-refractivity contribution in [2.75, 3.05) is 20.3 Å². The smallest absolute Gasteiger partial charge is 0.335 e. The molecule has 0 N–H and O–H groups in total. The monoisotopic (exact) mass is 539 g/mol. The normalized spacial score (nSPS) is 11.9. The highest BCUT2D eigenvalue weighted by Gasteiger charge is 2.24. The summed E-state index contributed by atoms with van der Waals surface area (Å²) >= 11 is 6.17. The molecule has 0 radical (unpaired) electrons. The molecule has 0 aliphatic heterocycles. The minimum Gasteiger partial charge on any atom is -0.497 e. The summed E-state index contributed by atoms with van der Waals surface area (Å²) in [4.78, 5) is 18.2. The van der Waals surface area contributed by atoms with Crippen LogP contribution in [-0.2, 0) is 19.8 Å². The zero-order chi connectivity index (χ0) is 26.4. The van der Waals surface area contributed by atoms with Gasteiger partial charge in [-0.15, -0.1) is 0 Å². The summed E-state index contributed by atoms with van der Waals surface area (Å²) in [5.74, 6) is 1.01. The fourth-order valence-electron chi connectivity index (χ4n) is 3.79. The highest BCUT2D eigenvalue weighted by atomic mass is 35.5. The number of methoxy groups -OCH3 is 1. The van der Waals surface area contributed by atoms with Crippen LogP contribution in [0.2, 0.25) is 5.02 Å². The summed E-state index contributed by atoms with van der Waals surface area (Å²) in [5.41, 5.74) is 2.30. The predicted molar refractivity (Wildman–Crippen MR) is 147 cm³/mol. The maximum atomic E-state index is 13.4. The molecule has 10 heteroatoms. The van der Waals surface area contributed by atoms with E-state index in [1.807, 2.05) is 36.4 Å². The molecule has 3 aromatic carbocycles. The molecule has 4 rings (SSSR count). The first-order valence-corrected chi connectivity index (χ1v) is 13.8. The van der Waals surface area contributed by atoms with Crippen molar-refractivity contribution >= 4 is 36.3 Å². The molecule has 192 valence electrons. The van der Waals surface area contributed by atoms with Crippen molar-refractivity contribution in [1.29, 1.82) is 0 Å². The lowest BCUT2D eigenvalue weighted by molar-refractivity contribution is 0.219. The number of rotatable bonds is 10. The minimum atomic E-state index is -3.25. The standard InChI is InChI=1S/C27H27ClN3O5P/c1-4-35-37(33,36-5-2)18-19-9-11-21(12-10-19)26-30-25-16-22(28)13-14-24(25)27(32)31(26)29-17-20-7-6-8-23(15-20)34-3/h6-17H,4-5,18H2,1-3H3. The lowest BCUT2D eigenvalue weighted by atomic mass is 10.1. The number of hydrogen-bond donors (Lipinski definition) is 0. The van der Waals surface area contributed by atoms with Crippen LogP contribution in [0.5, 0.6) is 5.75 Å². The van der Waals surface area contributed by atoms with Crippen LogP contribution in [0, 0.1) is 0 Å². The lowest BCUT2D eigenvalue weighted by Crippen LogP contribution is -2.20. The predicted octanol–water partition coefficient (Wildman–Crippen LogP) is 6.37. The van der Waals surface area contributed by atoms with Gasteiger partial charge in [-0.05, 0) is 55.3 Å². The first kappa shape index (κ1) is 26.8. The molecule has 0 bridgehead atoms. The molecule has 0 saturated heterocycles. The topological polar surface area (TPSA) is 92.0 Å². The van der Waals surface area contributed by atoms with Crippen molar-refractivity contribution in [1.82, 2.24) is 9.66 Å². The van der Waals surface area contributed by atoms with Crippen molar-refractivity contribution in [3.63, 3.8) is 0 Å². The van der Waals surface area contributed by atoms with E-state index >= 15 is 0 Å². The molecule has 0 unspecified atom stereocenters. The van der Waals surface area contributed by atoms with Gasteiger partial charge in [0.2, 0.25) is 0 Å². The average molecular weight is 540 g/mol. The quantitative estimate of drug-likeness (QED) is 0.172. The first-order valence-electron chi connectivity index (χ1n) is 11.7. The van der Waals surface area contributed by atoms with Gasteiger partial charge in [0.05, 0.1) is 43.6 Å². The molecule has 0 aliphatic carbocycles. The van der Waals surface area contributed by atoms with Gasteiger partial charge in [0.1, 0.15) is 5.75 Å². The Hall–Kier alpha value is -3.29. The Balaban J connectivity index is 1.78. The van der Waals surface area contributed by atoms with Crippen LogP contribution in [0.25, 0.3) is 22.3 Å². The van der Waals surface area contributed by atoms with Crippen LogP contribution in [0.3, 0.4) is 0 Å². The van der Waals surface area contributed by atoms with Gasteiger partial charge in [0, 0.05) is 10.6 Å². The summed E-state index contributed by atoms with van der Waals surface area (Å²) in [6, 6.07) is 19.5. The van der Waals surface area contributed by atoms with Gasteiger partial charge in [-0.2, -0.15) is 9.78 Å². The fourth-order valence-corrected chi connectivity index (χ4v) is 5.66. The van der Waals surface area contributed by atoms with Gasteiger partial charge in [0.25, 0.3) is 5.56 Å². The minimum absolute atomic E-state index is 0.135. The van der Waals surface area contributed by atoms with E-state index in [0.29, 0.717) is 33.1 Å². The Labute approximate surface area is 220 Å². The van der Waals surface area contributed by atoms with Crippen LogP contribution in [0.4, 0.5) is 0 Å². The Kier molecular flexibility index (Phi) is 8.56. The van der Waals surface area contributed by atoms with E-state index < -0.39 is 7.60 Å². The van der Waals surface area contributed by atoms with E-state index in [-0.39, 0.29) is 24.9 Å². The highest BCUT2D eigenvalue weighted by Crippen LogP contribution is 2.51. The number of ether oxygens (including phenoxy) is 1. The molecule has 0 atom stereocenters. The first-order chi connectivity index (χ1) is 17.9. The maximum absolute atomic E-state index is 13.4.